The lowest BCUT2D eigenvalue weighted by molar-refractivity contribution is 0.182. The van der Waals surface area contributed by atoms with Crippen molar-refractivity contribution in [1.82, 2.24) is 10.1 Å². The first-order chi connectivity index (χ1) is 10.8. The maximum absolute atomic E-state index is 13.2. The van der Waals surface area contributed by atoms with Gasteiger partial charge in [-0.1, -0.05) is 17.3 Å². The van der Waals surface area contributed by atoms with Gasteiger partial charge in [0.15, 0.2) is 5.82 Å². The van der Waals surface area contributed by atoms with E-state index in [2.05, 4.69) is 10.1 Å². The van der Waals surface area contributed by atoms with Gasteiger partial charge in [0.05, 0.1) is 17.6 Å². The molecule has 0 N–H and O–H groups in total. The third-order valence-corrected chi connectivity index (χ3v) is 4.72. The van der Waals surface area contributed by atoms with Crippen LogP contribution in [0.25, 0.3) is 11.5 Å². The van der Waals surface area contributed by atoms with Crippen LogP contribution in [0.5, 0.6) is 0 Å². The summed E-state index contributed by atoms with van der Waals surface area (Å²) in [5, 5.41) is 8.10. The summed E-state index contributed by atoms with van der Waals surface area (Å²) in [6, 6.07) is 8.39. The third-order valence-electron chi connectivity index (χ3n) is 4.04. The molecule has 0 radical (unpaired) electrons. The fourth-order valence-corrected chi connectivity index (χ4v) is 3.42. The minimum absolute atomic E-state index is 0.259. The highest BCUT2D eigenvalue weighted by molar-refractivity contribution is 7.08. The number of ether oxygens (including phenoxy) is 1. The lowest BCUT2D eigenvalue weighted by Gasteiger charge is -2.23. The number of thiophene rings is 1. The minimum atomic E-state index is -0.467. The Hall–Kier alpha value is -2.05. The maximum Gasteiger partial charge on any atom is 0.258 e. The predicted molar refractivity (Wildman–Crippen MR) is 80.2 cm³/mol. The maximum atomic E-state index is 13.2. The molecule has 22 heavy (non-hydrogen) atoms. The van der Waals surface area contributed by atoms with Gasteiger partial charge in [-0.2, -0.15) is 16.3 Å². The van der Waals surface area contributed by atoms with Crippen LogP contribution in [0.15, 0.2) is 45.6 Å². The van der Waals surface area contributed by atoms with Crippen molar-refractivity contribution in [2.24, 2.45) is 0 Å². The van der Waals surface area contributed by atoms with Crippen LogP contribution in [-0.4, -0.2) is 23.4 Å². The number of benzene rings is 1. The average molecular weight is 316 g/mol. The fraction of sp³-hybridized carbons (Fsp3) is 0.250. The van der Waals surface area contributed by atoms with E-state index in [4.69, 9.17) is 9.26 Å². The molecule has 1 atom stereocenters. The van der Waals surface area contributed by atoms with Crippen LogP contribution in [0.4, 0.5) is 4.39 Å². The van der Waals surface area contributed by atoms with Gasteiger partial charge in [-0.25, -0.2) is 4.39 Å². The van der Waals surface area contributed by atoms with Gasteiger partial charge in [0.1, 0.15) is 5.82 Å². The zero-order chi connectivity index (χ0) is 15.0. The number of hydrogen-bond acceptors (Lipinski definition) is 5. The smallest absolute Gasteiger partial charge is 0.258 e. The highest BCUT2D eigenvalue weighted by atomic mass is 32.1. The largest absolute Gasteiger partial charge is 0.380 e. The molecule has 4 rings (SSSR count). The monoisotopic (exact) mass is 316 g/mol. The fourth-order valence-electron chi connectivity index (χ4n) is 2.79. The third kappa shape index (κ3) is 2.15. The molecule has 1 fully saturated rings. The zero-order valence-corrected chi connectivity index (χ0v) is 12.5. The van der Waals surface area contributed by atoms with Gasteiger partial charge < -0.3 is 9.26 Å². The molecule has 0 aliphatic carbocycles. The van der Waals surface area contributed by atoms with E-state index in [0.717, 1.165) is 17.5 Å². The van der Waals surface area contributed by atoms with E-state index in [1.807, 2.05) is 16.8 Å². The Morgan fingerprint density at radius 3 is 2.73 bits per heavy atom. The molecule has 0 spiro atoms. The minimum Gasteiger partial charge on any atom is -0.380 e. The summed E-state index contributed by atoms with van der Waals surface area (Å²) in [6.07, 6.45) is 0.751. The summed E-state index contributed by atoms with van der Waals surface area (Å²) >= 11 is 1.58. The van der Waals surface area contributed by atoms with Crippen LogP contribution in [0, 0.1) is 5.82 Å². The van der Waals surface area contributed by atoms with Gasteiger partial charge >= 0.3 is 0 Å². The lowest BCUT2D eigenvalue weighted by atomic mass is 9.79. The zero-order valence-electron chi connectivity index (χ0n) is 11.7. The van der Waals surface area contributed by atoms with Gasteiger partial charge in [-0.05, 0) is 35.6 Å². The molecule has 0 amide bonds. The number of nitrogens with zero attached hydrogens (tertiary/aromatic N) is 2. The molecular formula is C16H13FN2O2S. The molecule has 3 heterocycles. The molecule has 0 saturated carbocycles. The first-order valence-electron chi connectivity index (χ1n) is 6.98. The van der Waals surface area contributed by atoms with Crippen molar-refractivity contribution < 1.29 is 13.7 Å². The van der Waals surface area contributed by atoms with E-state index in [1.165, 1.54) is 12.1 Å². The van der Waals surface area contributed by atoms with Crippen molar-refractivity contribution in [3.8, 4) is 11.5 Å². The van der Waals surface area contributed by atoms with Crippen LogP contribution >= 0.6 is 11.3 Å². The van der Waals surface area contributed by atoms with E-state index >= 15 is 0 Å². The molecule has 1 aromatic carbocycles. The standard InChI is InChI=1S/C16H13FN2O2S/c17-13-3-1-12(2-4-13)16(6-7-20-10-16)15-18-14(21-19-15)11-5-8-22-9-11/h1-5,8-9H,6-7,10H2/t16-/m1/s1. The number of halogens is 1. The van der Waals surface area contributed by atoms with Crippen LogP contribution in [0.1, 0.15) is 17.8 Å². The van der Waals surface area contributed by atoms with Gasteiger partial charge in [0.25, 0.3) is 5.89 Å². The van der Waals surface area contributed by atoms with Crippen LogP contribution in [-0.2, 0) is 10.2 Å². The predicted octanol–water partition coefficient (Wildman–Crippen LogP) is 3.64. The first kappa shape index (κ1) is 13.6. The van der Waals surface area contributed by atoms with E-state index in [9.17, 15) is 4.39 Å². The first-order valence-corrected chi connectivity index (χ1v) is 7.93. The van der Waals surface area contributed by atoms with E-state index in [-0.39, 0.29) is 5.82 Å². The molecule has 3 aromatic rings. The van der Waals surface area contributed by atoms with E-state index in [1.54, 1.807) is 23.5 Å². The average Bonchev–Trinajstić information content (AvgIpc) is 3.28. The lowest BCUT2D eigenvalue weighted by Crippen LogP contribution is -2.29. The Balaban J connectivity index is 1.78. The van der Waals surface area contributed by atoms with Gasteiger partial charge in [0.2, 0.25) is 0 Å². The summed E-state index contributed by atoms with van der Waals surface area (Å²) in [4.78, 5) is 4.56. The Kier molecular flexibility index (Phi) is 3.28. The summed E-state index contributed by atoms with van der Waals surface area (Å²) in [5.74, 6) is 0.840. The van der Waals surface area contributed by atoms with Gasteiger partial charge in [0, 0.05) is 12.0 Å². The Labute approximate surface area is 130 Å². The Morgan fingerprint density at radius 1 is 1.18 bits per heavy atom. The number of aromatic nitrogens is 2. The molecule has 1 aliphatic rings. The molecule has 0 bridgehead atoms. The molecule has 2 aromatic heterocycles. The highest BCUT2D eigenvalue weighted by Crippen LogP contribution is 2.39. The van der Waals surface area contributed by atoms with Gasteiger partial charge in [-0.3, -0.25) is 0 Å². The van der Waals surface area contributed by atoms with Crippen LogP contribution < -0.4 is 0 Å². The SMILES string of the molecule is Fc1ccc([C@@]2(c3noc(-c4ccsc4)n3)CCOC2)cc1. The number of hydrogen-bond donors (Lipinski definition) is 0. The summed E-state index contributed by atoms with van der Waals surface area (Å²) in [7, 11) is 0. The Bertz CT molecular complexity index is 762. The summed E-state index contributed by atoms with van der Waals surface area (Å²) < 4.78 is 24.2. The van der Waals surface area contributed by atoms with Crippen molar-refractivity contribution in [2.45, 2.75) is 11.8 Å². The molecule has 6 heteroatoms. The topological polar surface area (TPSA) is 48.2 Å². The second-order valence-electron chi connectivity index (χ2n) is 5.33. The molecule has 1 saturated heterocycles. The van der Waals surface area contributed by atoms with Gasteiger partial charge in [-0.15, -0.1) is 0 Å². The van der Waals surface area contributed by atoms with Crippen molar-refractivity contribution in [1.29, 1.82) is 0 Å². The van der Waals surface area contributed by atoms with Crippen molar-refractivity contribution in [3.63, 3.8) is 0 Å². The second kappa shape index (κ2) is 5.30. The molecule has 112 valence electrons. The van der Waals surface area contributed by atoms with Crippen LogP contribution in [0.3, 0.4) is 0 Å². The number of rotatable bonds is 3. The Morgan fingerprint density at radius 2 is 2.05 bits per heavy atom. The molecule has 1 aliphatic heterocycles. The normalized spacial score (nSPS) is 21.3. The van der Waals surface area contributed by atoms with E-state index < -0.39 is 5.41 Å². The highest BCUT2D eigenvalue weighted by Gasteiger charge is 2.43. The van der Waals surface area contributed by atoms with Crippen LogP contribution in [0.2, 0.25) is 0 Å². The molecule has 4 nitrogen and oxygen atoms in total. The molecule has 0 unspecified atom stereocenters. The summed E-state index contributed by atoms with van der Waals surface area (Å²) in [5.41, 5.74) is 1.40. The van der Waals surface area contributed by atoms with Crippen molar-refractivity contribution in [2.75, 3.05) is 13.2 Å². The van der Waals surface area contributed by atoms with Crippen molar-refractivity contribution in [3.05, 3.63) is 58.3 Å². The van der Waals surface area contributed by atoms with E-state index in [0.29, 0.717) is 24.9 Å². The summed E-state index contributed by atoms with van der Waals surface area (Å²) in [6.45, 7) is 1.10. The molecular weight excluding hydrogens is 303 g/mol. The van der Waals surface area contributed by atoms with Crippen molar-refractivity contribution >= 4 is 11.3 Å². The second-order valence-corrected chi connectivity index (χ2v) is 6.11. The quantitative estimate of drug-likeness (QED) is 0.740.